The second-order valence-electron chi connectivity index (χ2n) is 7.56. The number of carbonyl (C=O) groups is 2. The number of nitrogens with zero attached hydrogens (tertiary/aromatic N) is 1. The van der Waals surface area contributed by atoms with Crippen LogP contribution >= 0.6 is 11.6 Å². The van der Waals surface area contributed by atoms with Crippen LogP contribution in [0.2, 0.25) is 5.02 Å². The van der Waals surface area contributed by atoms with Crippen molar-refractivity contribution in [3.05, 3.63) is 64.2 Å². The molecule has 1 aliphatic heterocycles. The Labute approximate surface area is 165 Å². The van der Waals surface area contributed by atoms with Gasteiger partial charge < -0.3 is 10.2 Å². The largest absolute Gasteiger partial charge is 0.326 e. The first kappa shape index (κ1) is 19.4. The van der Waals surface area contributed by atoms with Gasteiger partial charge in [-0.15, -0.1) is 0 Å². The zero-order chi connectivity index (χ0) is 19.6. The summed E-state index contributed by atoms with van der Waals surface area (Å²) in [4.78, 5) is 27.6. The number of aryl methyl sites for hydroxylation is 1. The van der Waals surface area contributed by atoms with Crippen LogP contribution in [0.5, 0.6) is 0 Å². The first-order valence-electron chi connectivity index (χ1n) is 9.28. The summed E-state index contributed by atoms with van der Waals surface area (Å²) in [5.74, 6) is 0.108. The fraction of sp³-hybridized carbons (Fsp3) is 0.364. The molecule has 1 aliphatic rings. The fourth-order valence-electron chi connectivity index (χ4n) is 3.47. The molecule has 4 nitrogen and oxygen atoms in total. The summed E-state index contributed by atoms with van der Waals surface area (Å²) in [6.45, 7) is 6.41. The highest BCUT2D eigenvalue weighted by molar-refractivity contribution is 6.30. The Morgan fingerprint density at radius 1 is 1.19 bits per heavy atom. The number of amides is 2. The van der Waals surface area contributed by atoms with E-state index >= 15 is 0 Å². The number of anilines is 1. The maximum Gasteiger partial charge on any atom is 0.247 e. The lowest BCUT2D eigenvalue weighted by Crippen LogP contribution is -2.50. The van der Waals surface area contributed by atoms with Crippen molar-refractivity contribution in [2.45, 2.75) is 46.2 Å². The van der Waals surface area contributed by atoms with Crippen LogP contribution in [-0.4, -0.2) is 22.8 Å². The third kappa shape index (κ3) is 4.51. The molecule has 0 aliphatic carbocycles. The maximum atomic E-state index is 13.1. The summed E-state index contributed by atoms with van der Waals surface area (Å²) in [6, 6.07) is 12.9. The third-order valence-electron chi connectivity index (χ3n) is 4.90. The zero-order valence-corrected chi connectivity index (χ0v) is 16.7. The Bertz CT molecular complexity index is 863. The molecule has 1 N–H and O–H groups in total. The Morgan fingerprint density at radius 3 is 2.56 bits per heavy atom. The van der Waals surface area contributed by atoms with E-state index < -0.39 is 6.04 Å². The monoisotopic (exact) mass is 384 g/mol. The molecular weight excluding hydrogens is 360 g/mol. The highest BCUT2D eigenvalue weighted by Gasteiger charge is 2.34. The van der Waals surface area contributed by atoms with Crippen LogP contribution in [0.4, 0.5) is 5.69 Å². The molecule has 5 heteroatoms. The Kier molecular flexibility index (Phi) is 5.85. The van der Waals surface area contributed by atoms with E-state index in [1.807, 2.05) is 51.1 Å². The fourth-order valence-corrected chi connectivity index (χ4v) is 3.70. The van der Waals surface area contributed by atoms with E-state index in [1.165, 1.54) is 0 Å². The lowest BCUT2D eigenvalue weighted by atomic mass is 9.92. The SMILES string of the molecule is Cc1cc(Cl)ccc1NC(=O)C1Cc2ccccc2CN1C(=O)CC(C)C. The van der Waals surface area contributed by atoms with Gasteiger partial charge in [0.05, 0.1) is 0 Å². The highest BCUT2D eigenvalue weighted by atomic mass is 35.5. The smallest absolute Gasteiger partial charge is 0.247 e. The van der Waals surface area contributed by atoms with Crippen molar-refractivity contribution < 1.29 is 9.59 Å². The van der Waals surface area contributed by atoms with Gasteiger partial charge in [-0.1, -0.05) is 49.7 Å². The summed E-state index contributed by atoms with van der Waals surface area (Å²) in [5, 5.41) is 3.62. The minimum absolute atomic E-state index is 0.0208. The quantitative estimate of drug-likeness (QED) is 0.838. The van der Waals surface area contributed by atoms with Crippen LogP contribution in [0.15, 0.2) is 42.5 Å². The van der Waals surface area contributed by atoms with Gasteiger partial charge in [-0.05, 0) is 47.7 Å². The van der Waals surface area contributed by atoms with Crippen LogP contribution < -0.4 is 5.32 Å². The molecule has 2 aromatic rings. The van der Waals surface area contributed by atoms with Gasteiger partial charge in [0, 0.05) is 30.1 Å². The van der Waals surface area contributed by atoms with E-state index in [0.29, 0.717) is 24.4 Å². The first-order valence-corrected chi connectivity index (χ1v) is 9.66. The molecule has 0 spiro atoms. The lowest BCUT2D eigenvalue weighted by molar-refractivity contribution is -0.140. The van der Waals surface area contributed by atoms with Crippen molar-refractivity contribution in [3.8, 4) is 0 Å². The zero-order valence-electron chi connectivity index (χ0n) is 16.0. The lowest BCUT2D eigenvalue weighted by Gasteiger charge is -2.36. The number of hydrogen-bond acceptors (Lipinski definition) is 2. The number of halogens is 1. The van der Waals surface area contributed by atoms with Crippen molar-refractivity contribution in [1.82, 2.24) is 4.90 Å². The number of hydrogen-bond donors (Lipinski definition) is 1. The van der Waals surface area contributed by atoms with Crippen LogP contribution in [0.1, 0.15) is 37.0 Å². The van der Waals surface area contributed by atoms with Gasteiger partial charge in [0.25, 0.3) is 0 Å². The molecule has 27 heavy (non-hydrogen) atoms. The van der Waals surface area contributed by atoms with Gasteiger partial charge in [0.1, 0.15) is 6.04 Å². The van der Waals surface area contributed by atoms with E-state index in [9.17, 15) is 9.59 Å². The van der Waals surface area contributed by atoms with E-state index in [-0.39, 0.29) is 17.7 Å². The molecule has 1 atom stereocenters. The second kappa shape index (κ2) is 8.13. The van der Waals surface area contributed by atoms with Crippen molar-refractivity contribution >= 4 is 29.1 Å². The molecule has 0 saturated carbocycles. The van der Waals surface area contributed by atoms with Crippen LogP contribution in [0.25, 0.3) is 0 Å². The van der Waals surface area contributed by atoms with Crippen molar-refractivity contribution in [2.24, 2.45) is 5.92 Å². The summed E-state index contributed by atoms with van der Waals surface area (Å²) in [7, 11) is 0. The van der Waals surface area contributed by atoms with Gasteiger partial charge in [-0.25, -0.2) is 0 Å². The Hall–Kier alpha value is -2.33. The van der Waals surface area contributed by atoms with E-state index in [0.717, 1.165) is 22.4 Å². The average molecular weight is 385 g/mol. The molecule has 142 valence electrons. The molecule has 0 saturated heterocycles. The van der Waals surface area contributed by atoms with Crippen LogP contribution in [0, 0.1) is 12.8 Å². The van der Waals surface area contributed by atoms with Crippen molar-refractivity contribution in [1.29, 1.82) is 0 Å². The van der Waals surface area contributed by atoms with Gasteiger partial charge in [-0.2, -0.15) is 0 Å². The van der Waals surface area contributed by atoms with Crippen molar-refractivity contribution in [2.75, 3.05) is 5.32 Å². The predicted octanol–water partition coefficient (Wildman–Crippen LogP) is 4.59. The molecule has 1 unspecified atom stereocenters. The topological polar surface area (TPSA) is 49.4 Å². The van der Waals surface area contributed by atoms with E-state index in [1.54, 1.807) is 17.0 Å². The first-order chi connectivity index (χ1) is 12.8. The number of fused-ring (bicyclic) bond motifs is 1. The molecular formula is C22H25ClN2O2. The summed E-state index contributed by atoms with van der Waals surface area (Å²) >= 11 is 6.01. The second-order valence-corrected chi connectivity index (χ2v) is 7.99. The number of carbonyl (C=O) groups excluding carboxylic acids is 2. The highest BCUT2D eigenvalue weighted by Crippen LogP contribution is 2.27. The Balaban J connectivity index is 1.86. The third-order valence-corrected chi connectivity index (χ3v) is 5.14. The van der Waals surface area contributed by atoms with Crippen LogP contribution in [0.3, 0.4) is 0 Å². The molecule has 1 heterocycles. The normalized spacial score (nSPS) is 16.2. The number of nitrogens with one attached hydrogen (secondary N) is 1. The molecule has 3 rings (SSSR count). The summed E-state index contributed by atoms with van der Waals surface area (Å²) in [6.07, 6.45) is 0.963. The molecule has 2 amide bonds. The van der Waals surface area contributed by atoms with Gasteiger partial charge >= 0.3 is 0 Å². The summed E-state index contributed by atoms with van der Waals surface area (Å²) < 4.78 is 0. The van der Waals surface area contributed by atoms with E-state index in [4.69, 9.17) is 11.6 Å². The van der Waals surface area contributed by atoms with E-state index in [2.05, 4.69) is 5.32 Å². The van der Waals surface area contributed by atoms with Crippen LogP contribution in [-0.2, 0) is 22.6 Å². The molecule has 2 aromatic carbocycles. The van der Waals surface area contributed by atoms with Crippen molar-refractivity contribution in [3.63, 3.8) is 0 Å². The minimum Gasteiger partial charge on any atom is -0.326 e. The molecule has 0 radical (unpaired) electrons. The predicted molar refractivity (Wildman–Crippen MR) is 109 cm³/mol. The average Bonchev–Trinajstić information content (AvgIpc) is 2.62. The molecule has 0 fully saturated rings. The maximum absolute atomic E-state index is 13.1. The summed E-state index contributed by atoms with van der Waals surface area (Å²) in [5.41, 5.74) is 3.85. The standard InChI is InChI=1S/C22H25ClN2O2/c1-14(2)10-21(26)25-13-17-7-5-4-6-16(17)12-20(25)22(27)24-19-9-8-18(23)11-15(19)3/h4-9,11,14,20H,10,12-13H2,1-3H3,(H,24,27). The number of rotatable bonds is 4. The molecule has 0 aromatic heterocycles. The number of benzene rings is 2. The van der Waals surface area contributed by atoms with Gasteiger partial charge in [-0.3, -0.25) is 9.59 Å². The Morgan fingerprint density at radius 2 is 1.89 bits per heavy atom. The van der Waals surface area contributed by atoms with Gasteiger partial charge in [0.15, 0.2) is 0 Å². The van der Waals surface area contributed by atoms with Gasteiger partial charge in [0.2, 0.25) is 11.8 Å². The minimum atomic E-state index is -0.513. The molecule has 0 bridgehead atoms.